The number of hydrogen-bond acceptors (Lipinski definition) is 14. The summed E-state index contributed by atoms with van der Waals surface area (Å²) >= 11 is 0. The Kier molecular flexibility index (Phi) is 14.2. The smallest absolute Gasteiger partial charge is 0.382 e. The number of anilines is 3. The summed E-state index contributed by atoms with van der Waals surface area (Å²) < 4.78 is 50.6. The Morgan fingerprint density at radius 2 is 1.64 bits per heavy atom. The van der Waals surface area contributed by atoms with Gasteiger partial charge in [0.25, 0.3) is 23.6 Å². The number of amides is 6. The topological polar surface area (TPSA) is 259 Å². The lowest BCUT2D eigenvalue weighted by molar-refractivity contribution is -0.136. The summed E-state index contributed by atoms with van der Waals surface area (Å²) in [4.78, 5) is 97.8. The normalized spacial score (nSPS) is 14.8. The number of primary amides is 1. The molecule has 2 aliphatic heterocycles. The standard InChI is InChI=1S/C44H41F3N10O9/c45-44(46,47)24-51-35-22-26(15-16-50-35)29-5-2-7-31(52-29)40(61)53-32-23-56(55-38(32)39(48)60)27-11-9-25(10-12-27)34(58)8-3-18-65-20-21-66-19-17-49-30-6-1-4-28-37(30)43(64)57(42(28)63)33-13-14-36(59)54-41(33)62/h1-2,4-7,9-12,15-16,22-23,33,49H,3,8,13-14,17-21,24H2,(H2,48,60)(H,50,51)(H,53,61)(H,54,59,62). The minimum atomic E-state index is -4.45. The molecule has 6 N–H and O–H groups in total. The van der Waals surface area contributed by atoms with E-state index in [0.29, 0.717) is 42.1 Å². The van der Waals surface area contributed by atoms with Crippen LogP contribution in [0.25, 0.3) is 16.9 Å². The molecule has 6 amide bonds. The average molecular weight is 911 g/mol. The molecule has 66 heavy (non-hydrogen) atoms. The minimum Gasteiger partial charge on any atom is -0.382 e. The number of nitrogens with zero attached hydrogens (tertiary/aromatic N) is 5. The van der Waals surface area contributed by atoms with E-state index < -0.39 is 54.2 Å². The second-order valence-corrected chi connectivity index (χ2v) is 14.9. The van der Waals surface area contributed by atoms with Gasteiger partial charge in [-0.25, -0.2) is 14.6 Å². The van der Waals surface area contributed by atoms with E-state index in [1.54, 1.807) is 42.5 Å². The summed E-state index contributed by atoms with van der Waals surface area (Å²) in [7, 11) is 0. The van der Waals surface area contributed by atoms with Crippen LogP contribution in [0.5, 0.6) is 0 Å². The van der Waals surface area contributed by atoms with Gasteiger partial charge in [0.1, 0.15) is 24.1 Å². The van der Waals surface area contributed by atoms with Crippen LogP contribution in [0.2, 0.25) is 0 Å². The number of ether oxygens (including phenoxy) is 2. The van der Waals surface area contributed by atoms with Crippen molar-refractivity contribution in [2.24, 2.45) is 5.73 Å². The molecule has 0 radical (unpaired) electrons. The quantitative estimate of drug-likeness (QED) is 0.0418. The van der Waals surface area contributed by atoms with Crippen molar-refractivity contribution < 1.29 is 56.2 Å². The Morgan fingerprint density at radius 3 is 2.38 bits per heavy atom. The lowest BCUT2D eigenvalue weighted by Gasteiger charge is -2.27. The number of benzene rings is 2. The molecule has 0 saturated carbocycles. The van der Waals surface area contributed by atoms with Gasteiger partial charge in [0.2, 0.25) is 11.8 Å². The molecule has 1 saturated heterocycles. The molecule has 0 spiro atoms. The summed E-state index contributed by atoms with van der Waals surface area (Å²) in [6, 6.07) is 17.5. The highest BCUT2D eigenvalue weighted by molar-refractivity contribution is 6.25. The first-order chi connectivity index (χ1) is 31.7. The number of alkyl halides is 3. The zero-order valence-corrected chi connectivity index (χ0v) is 34.9. The van der Waals surface area contributed by atoms with Crippen molar-refractivity contribution in [1.29, 1.82) is 0 Å². The van der Waals surface area contributed by atoms with Crippen molar-refractivity contribution in [2.45, 2.75) is 37.9 Å². The van der Waals surface area contributed by atoms with Crippen molar-refractivity contribution >= 4 is 58.4 Å². The number of rotatable bonds is 20. The Morgan fingerprint density at radius 1 is 0.879 bits per heavy atom. The number of imide groups is 2. The number of halogens is 3. The summed E-state index contributed by atoms with van der Waals surface area (Å²) in [5.41, 5.74) is 7.52. The summed E-state index contributed by atoms with van der Waals surface area (Å²) in [5, 5.41) is 14.3. The van der Waals surface area contributed by atoms with E-state index >= 15 is 0 Å². The average Bonchev–Trinajstić information content (AvgIpc) is 3.84. The first-order valence-corrected chi connectivity index (χ1v) is 20.5. The maximum atomic E-state index is 13.3. The van der Waals surface area contributed by atoms with E-state index in [2.05, 4.69) is 36.3 Å². The largest absolute Gasteiger partial charge is 0.405 e. The van der Waals surface area contributed by atoms with Gasteiger partial charge in [-0.05, 0) is 73.5 Å². The number of carbonyl (C=O) groups excluding carboxylic acids is 7. The lowest BCUT2D eigenvalue weighted by atomic mass is 10.0. The van der Waals surface area contributed by atoms with Crippen LogP contribution in [0.3, 0.4) is 0 Å². The van der Waals surface area contributed by atoms with Crippen LogP contribution in [-0.4, -0.2) is 118 Å². The molecule has 19 nitrogen and oxygen atoms in total. The summed E-state index contributed by atoms with van der Waals surface area (Å²) in [5.74, 6) is -4.16. The zero-order valence-electron chi connectivity index (χ0n) is 34.9. The van der Waals surface area contributed by atoms with E-state index in [-0.39, 0.29) is 84.6 Å². The van der Waals surface area contributed by atoms with Gasteiger partial charge in [-0.3, -0.25) is 43.8 Å². The van der Waals surface area contributed by atoms with Crippen molar-refractivity contribution in [3.63, 3.8) is 0 Å². The van der Waals surface area contributed by atoms with Crippen molar-refractivity contribution in [3.05, 3.63) is 113 Å². The predicted molar refractivity (Wildman–Crippen MR) is 229 cm³/mol. The number of ketones is 1. The van der Waals surface area contributed by atoms with E-state index in [4.69, 9.17) is 15.2 Å². The van der Waals surface area contributed by atoms with E-state index in [0.717, 1.165) is 4.90 Å². The fourth-order valence-corrected chi connectivity index (χ4v) is 7.09. The van der Waals surface area contributed by atoms with Crippen LogP contribution < -0.4 is 27.0 Å². The molecule has 342 valence electrons. The van der Waals surface area contributed by atoms with Crippen LogP contribution in [0.1, 0.15) is 77.7 Å². The molecule has 5 aromatic rings. The fraction of sp³-hybridized carbons (Fsp3) is 0.273. The number of hydrogen-bond donors (Lipinski definition) is 5. The summed E-state index contributed by atoms with van der Waals surface area (Å²) in [6.07, 6.45) is -1.05. The van der Waals surface area contributed by atoms with Gasteiger partial charge < -0.3 is 31.2 Å². The third-order valence-corrected chi connectivity index (χ3v) is 10.3. The molecular formula is C44H41F3N10O9. The third kappa shape index (κ3) is 11.1. The number of pyridine rings is 2. The SMILES string of the molecule is NC(=O)c1nn(-c2ccc(C(=O)CCCOCCOCCNc3cccc4c3C(=O)N(C3CCC(=O)NC3=O)C4=O)cc2)cc1NC(=O)c1cccc(-c2ccnc(NCC(F)(F)F)c2)n1. The molecule has 1 unspecified atom stereocenters. The molecule has 0 bridgehead atoms. The zero-order chi connectivity index (χ0) is 47.0. The van der Waals surface area contributed by atoms with Gasteiger partial charge in [0, 0.05) is 49.0 Å². The first-order valence-electron chi connectivity index (χ1n) is 20.5. The Hall–Kier alpha value is -7.85. The fourth-order valence-electron chi connectivity index (χ4n) is 7.09. The predicted octanol–water partition coefficient (Wildman–Crippen LogP) is 4.16. The van der Waals surface area contributed by atoms with E-state index in [1.165, 1.54) is 47.4 Å². The number of nitrogens with two attached hydrogens (primary N) is 1. The van der Waals surface area contributed by atoms with E-state index in [9.17, 15) is 46.7 Å². The number of fused-ring (bicyclic) bond motifs is 1. The molecule has 1 atom stereocenters. The molecule has 22 heteroatoms. The van der Waals surface area contributed by atoms with Crippen LogP contribution >= 0.6 is 0 Å². The van der Waals surface area contributed by atoms with Crippen LogP contribution in [0.15, 0.2) is 85.2 Å². The second-order valence-electron chi connectivity index (χ2n) is 14.9. The highest BCUT2D eigenvalue weighted by Gasteiger charge is 2.45. The van der Waals surface area contributed by atoms with Gasteiger partial charge in [-0.2, -0.15) is 18.3 Å². The molecule has 1 fully saturated rings. The van der Waals surface area contributed by atoms with Crippen LogP contribution in [0.4, 0.5) is 30.4 Å². The third-order valence-electron chi connectivity index (χ3n) is 10.3. The van der Waals surface area contributed by atoms with Crippen LogP contribution in [-0.2, 0) is 19.1 Å². The molecule has 0 aliphatic carbocycles. The highest BCUT2D eigenvalue weighted by atomic mass is 19.4. The molecule has 3 aromatic heterocycles. The first kappa shape index (κ1) is 46.2. The number of Topliss-reactive ketones (excluding diaryl/α,β-unsaturated/α-hetero) is 1. The van der Waals surface area contributed by atoms with Gasteiger partial charge in [0.15, 0.2) is 11.5 Å². The van der Waals surface area contributed by atoms with Gasteiger partial charge >= 0.3 is 6.18 Å². The van der Waals surface area contributed by atoms with Gasteiger partial charge in [-0.1, -0.05) is 12.1 Å². The highest BCUT2D eigenvalue weighted by Crippen LogP contribution is 2.32. The van der Waals surface area contributed by atoms with Gasteiger partial charge in [0.05, 0.1) is 54.2 Å². The minimum absolute atomic E-state index is 0.0161. The number of carbonyl (C=O) groups is 7. The molecule has 5 heterocycles. The van der Waals surface area contributed by atoms with Crippen LogP contribution in [0, 0.1) is 0 Å². The molecule has 7 rings (SSSR count). The maximum Gasteiger partial charge on any atom is 0.405 e. The number of piperidine rings is 1. The Balaban J connectivity index is 0.829. The Labute approximate surface area is 373 Å². The van der Waals surface area contributed by atoms with Crippen molar-refractivity contribution in [3.8, 4) is 16.9 Å². The maximum absolute atomic E-state index is 13.3. The van der Waals surface area contributed by atoms with Crippen molar-refractivity contribution in [2.75, 3.05) is 55.5 Å². The Bertz CT molecular complexity index is 2690. The number of nitrogens with one attached hydrogen (secondary N) is 4. The second kappa shape index (κ2) is 20.3. The lowest BCUT2D eigenvalue weighted by Crippen LogP contribution is -2.54. The molecule has 2 aromatic carbocycles. The summed E-state index contributed by atoms with van der Waals surface area (Å²) in [6.45, 7) is 0.0937. The van der Waals surface area contributed by atoms with E-state index in [1.807, 2.05) is 0 Å². The number of aromatic nitrogens is 4. The molecule has 2 aliphatic rings. The molecular weight excluding hydrogens is 870 g/mol. The monoisotopic (exact) mass is 910 g/mol. The van der Waals surface area contributed by atoms with Crippen molar-refractivity contribution in [1.82, 2.24) is 30.0 Å². The van der Waals surface area contributed by atoms with Gasteiger partial charge in [-0.15, -0.1) is 0 Å².